The fourth-order valence-electron chi connectivity index (χ4n) is 2.15. The topological polar surface area (TPSA) is 38.6 Å². The molecule has 0 saturated heterocycles. The third kappa shape index (κ3) is 3.55. The number of fused-ring (bicyclic) bond motifs is 1. The second-order valence-electron chi connectivity index (χ2n) is 4.71. The van der Waals surface area contributed by atoms with Crippen LogP contribution in [0.15, 0.2) is 30.6 Å². The maximum Gasteiger partial charge on any atom is 0.0710 e. The first kappa shape index (κ1) is 14.0. The Morgan fingerprint density at radius 1 is 1.32 bits per heavy atom. The van der Waals surface area contributed by atoms with E-state index in [1.54, 1.807) is 0 Å². The first-order chi connectivity index (χ1) is 9.36. The molecule has 1 atom stereocenters. The molecule has 4 nitrogen and oxygen atoms in total. The Bertz CT molecular complexity index is 495. The van der Waals surface area contributed by atoms with Crippen LogP contribution in [0.25, 0.3) is 5.52 Å². The van der Waals surface area contributed by atoms with Crippen molar-refractivity contribution < 1.29 is 4.74 Å². The van der Waals surface area contributed by atoms with Crippen molar-refractivity contribution in [2.75, 3.05) is 19.8 Å². The second kappa shape index (κ2) is 7.26. The predicted octanol–water partition coefficient (Wildman–Crippen LogP) is 2.80. The van der Waals surface area contributed by atoms with E-state index >= 15 is 0 Å². The van der Waals surface area contributed by atoms with Gasteiger partial charge in [-0.2, -0.15) is 5.10 Å². The molecule has 19 heavy (non-hydrogen) atoms. The first-order valence-electron chi connectivity index (χ1n) is 7.10. The van der Waals surface area contributed by atoms with Crippen molar-refractivity contribution in [3.05, 3.63) is 36.2 Å². The highest BCUT2D eigenvalue weighted by atomic mass is 16.5. The summed E-state index contributed by atoms with van der Waals surface area (Å²) in [6.45, 7) is 6.80. The summed E-state index contributed by atoms with van der Waals surface area (Å²) in [5.74, 6) is 0. The molecular weight excluding hydrogens is 238 g/mol. The quantitative estimate of drug-likeness (QED) is 0.743. The molecule has 0 aliphatic carbocycles. The van der Waals surface area contributed by atoms with E-state index in [0.29, 0.717) is 6.61 Å². The maximum atomic E-state index is 5.72. The van der Waals surface area contributed by atoms with Gasteiger partial charge in [-0.3, -0.25) is 0 Å². The zero-order valence-corrected chi connectivity index (χ0v) is 11.8. The molecular formula is C15H23N3O. The second-order valence-corrected chi connectivity index (χ2v) is 4.71. The van der Waals surface area contributed by atoms with Gasteiger partial charge in [-0.25, -0.2) is 4.52 Å². The van der Waals surface area contributed by atoms with Crippen LogP contribution in [0.4, 0.5) is 0 Å². The lowest BCUT2D eigenvalue weighted by atomic mass is 10.1. The van der Waals surface area contributed by atoms with Crippen LogP contribution in [-0.4, -0.2) is 29.4 Å². The molecule has 0 aromatic carbocycles. The molecule has 0 aliphatic heterocycles. The lowest BCUT2D eigenvalue weighted by Gasteiger charge is -2.17. The first-order valence-corrected chi connectivity index (χ1v) is 7.10. The monoisotopic (exact) mass is 261 g/mol. The Balaban J connectivity index is 2.15. The fourth-order valence-corrected chi connectivity index (χ4v) is 2.15. The number of aromatic nitrogens is 2. The number of rotatable bonds is 8. The minimum Gasteiger partial charge on any atom is -0.379 e. The highest BCUT2D eigenvalue weighted by Crippen LogP contribution is 2.19. The zero-order valence-electron chi connectivity index (χ0n) is 11.8. The van der Waals surface area contributed by atoms with Crippen LogP contribution in [0, 0.1) is 0 Å². The average molecular weight is 261 g/mol. The standard InChI is InChI=1S/C15H23N3O/c1-3-8-16-14(12-19-10-4-2)13-11-17-18-9-6-5-7-15(13)18/h5-7,9,11,14,16H,3-4,8,10,12H2,1-2H3. The number of hydrogen-bond donors (Lipinski definition) is 1. The van der Waals surface area contributed by atoms with Gasteiger partial charge in [0.15, 0.2) is 0 Å². The lowest BCUT2D eigenvalue weighted by Crippen LogP contribution is -2.26. The molecule has 4 heteroatoms. The molecule has 2 aromatic rings. The Morgan fingerprint density at radius 2 is 2.21 bits per heavy atom. The van der Waals surface area contributed by atoms with E-state index in [-0.39, 0.29) is 6.04 Å². The Kier molecular flexibility index (Phi) is 5.36. The lowest BCUT2D eigenvalue weighted by molar-refractivity contribution is 0.112. The van der Waals surface area contributed by atoms with Gasteiger partial charge in [-0.1, -0.05) is 19.9 Å². The van der Waals surface area contributed by atoms with Crippen molar-refractivity contribution in [3.8, 4) is 0 Å². The van der Waals surface area contributed by atoms with Crippen LogP contribution in [0.1, 0.15) is 38.3 Å². The van der Waals surface area contributed by atoms with Crippen LogP contribution < -0.4 is 5.32 Å². The van der Waals surface area contributed by atoms with Gasteiger partial charge < -0.3 is 10.1 Å². The predicted molar refractivity (Wildman–Crippen MR) is 77.3 cm³/mol. The van der Waals surface area contributed by atoms with Gasteiger partial charge in [0.1, 0.15) is 0 Å². The largest absolute Gasteiger partial charge is 0.379 e. The summed E-state index contributed by atoms with van der Waals surface area (Å²) in [5.41, 5.74) is 2.36. The molecule has 0 fully saturated rings. The molecule has 1 unspecified atom stereocenters. The average Bonchev–Trinajstić information content (AvgIpc) is 2.87. The summed E-state index contributed by atoms with van der Waals surface area (Å²) in [4.78, 5) is 0. The highest BCUT2D eigenvalue weighted by molar-refractivity contribution is 5.54. The molecule has 1 N–H and O–H groups in total. The number of ether oxygens (including phenoxy) is 1. The van der Waals surface area contributed by atoms with E-state index in [1.807, 2.05) is 29.0 Å². The molecule has 0 radical (unpaired) electrons. The van der Waals surface area contributed by atoms with E-state index in [4.69, 9.17) is 4.74 Å². The van der Waals surface area contributed by atoms with Crippen molar-refractivity contribution in [2.45, 2.75) is 32.7 Å². The van der Waals surface area contributed by atoms with Crippen LogP contribution >= 0.6 is 0 Å². The Hall–Kier alpha value is -1.39. The summed E-state index contributed by atoms with van der Waals surface area (Å²) >= 11 is 0. The highest BCUT2D eigenvalue weighted by Gasteiger charge is 2.15. The molecule has 2 rings (SSSR count). The fraction of sp³-hybridized carbons (Fsp3) is 0.533. The minimum absolute atomic E-state index is 0.214. The number of nitrogens with one attached hydrogen (secondary N) is 1. The third-order valence-electron chi connectivity index (χ3n) is 3.11. The van der Waals surface area contributed by atoms with E-state index in [1.165, 1.54) is 5.56 Å². The summed E-state index contributed by atoms with van der Waals surface area (Å²) in [6, 6.07) is 6.35. The normalized spacial score (nSPS) is 12.9. The summed E-state index contributed by atoms with van der Waals surface area (Å²) in [6.07, 6.45) is 6.08. The molecule has 104 valence electrons. The van der Waals surface area contributed by atoms with Gasteiger partial charge in [0.05, 0.1) is 24.4 Å². The van der Waals surface area contributed by atoms with Crippen LogP contribution in [0.3, 0.4) is 0 Å². The van der Waals surface area contributed by atoms with Crippen molar-refractivity contribution in [1.82, 2.24) is 14.9 Å². The van der Waals surface area contributed by atoms with Crippen molar-refractivity contribution in [3.63, 3.8) is 0 Å². The van der Waals surface area contributed by atoms with Gasteiger partial charge in [0.2, 0.25) is 0 Å². The molecule has 0 amide bonds. The molecule has 0 aliphatic rings. The van der Waals surface area contributed by atoms with Gasteiger partial charge in [-0.15, -0.1) is 0 Å². The van der Waals surface area contributed by atoms with Crippen molar-refractivity contribution in [1.29, 1.82) is 0 Å². The van der Waals surface area contributed by atoms with E-state index in [2.05, 4.69) is 30.3 Å². The smallest absolute Gasteiger partial charge is 0.0710 e. The van der Waals surface area contributed by atoms with E-state index in [0.717, 1.165) is 31.5 Å². The molecule has 0 spiro atoms. The van der Waals surface area contributed by atoms with Crippen LogP contribution in [0.5, 0.6) is 0 Å². The third-order valence-corrected chi connectivity index (χ3v) is 3.11. The SMILES string of the molecule is CCCNC(COCCC)c1cnn2ccccc12. The van der Waals surface area contributed by atoms with E-state index < -0.39 is 0 Å². The number of pyridine rings is 1. The number of hydrogen-bond acceptors (Lipinski definition) is 3. The molecule has 0 saturated carbocycles. The molecule has 0 bridgehead atoms. The summed E-state index contributed by atoms with van der Waals surface area (Å²) < 4.78 is 7.63. The zero-order chi connectivity index (χ0) is 13.5. The molecule has 2 aromatic heterocycles. The minimum atomic E-state index is 0.214. The van der Waals surface area contributed by atoms with Gasteiger partial charge in [0.25, 0.3) is 0 Å². The van der Waals surface area contributed by atoms with Gasteiger partial charge in [-0.05, 0) is 31.5 Å². The maximum absolute atomic E-state index is 5.72. The van der Waals surface area contributed by atoms with Crippen LogP contribution in [0.2, 0.25) is 0 Å². The van der Waals surface area contributed by atoms with E-state index in [9.17, 15) is 0 Å². The van der Waals surface area contributed by atoms with Crippen molar-refractivity contribution >= 4 is 5.52 Å². The Morgan fingerprint density at radius 3 is 3.00 bits per heavy atom. The van der Waals surface area contributed by atoms with Crippen LogP contribution in [-0.2, 0) is 4.74 Å². The summed E-state index contributed by atoms with van der Waals surface area (Å²) in [7, 11) is 0. The summed E-state index contributed by atoms with van der Waals surface area (Å²) in [5, 5.41) is 7.94. The van der Waals surface area contributed by atoms with Gasteiger partial charge >= 0.3 is 0 Å². The molecule has 2 heterocycles. The number of nitrogens with zero attached hydrogens (tertiary/aromatic N) is 2. The van der Waals surface area contributed by atoms with Gasteiger partial charge in [0, 0.05) is 18.4 Å². The Labute approximate surface area is 114 Å². The van der Waals surface area contributed by atoms with Crippen molar-refractivity contribution in [2.24, 2.45) is 0 Å².